The normalized spacial score (nSPS) is 10.8. The van der Waals surface area contributed by atoms with Gasteiger partial charge in [0.05, 0.1) is 11.7 Å². The van der Waals surface area contributed by atoms with Crippen LogP contribution in [0.3, 0.4) is 0 Å². The number of pyridine rings is 1. The van der Waals surface area contributed by atoms with E-state index in [4.69, 9.17) is 4.98 Å². The summed E-state index contributed by atoms with van der Waals surface area (Å²) in [4.78, 5) is 17.4. The molecule has 0 saturated carbocycles. The van der Waals surface area contributed by atoms with E-state index in [1.165, 1.54) is 35.1 Å². The maximum atomic E-state index is 13.2. The van der Waals surface area contributed by atoms with Gasteiger partial charge in [-0.05, 0) is 68.3 Å². The predicted molar refractivity (Wildman–Crippen MR) is 112 cm³/mol. The van der Waals surface area contributed by atoms with Crippen LogP contribution in [0.1, 0.15) is 32.6 Å². The first kappa shape index (κ1) is 19.3. The SMILES string of the molecule is Cc1cc(C)c2nc(-n3ncc(C#N)c3NC(=O)c3ccc(F)cc3)cc(C)c2c1. The maximum absolute atomic E-state index is 13.2. The number of nitriles is 1. The second kappa shape index (κ2) is 7.41. The minimum Gasteiger partial charge on any atom is -0.305 e. The molecule has 0 aliphatic carbocycles. The summed E-state index contributed by atoms with van der Waals surface area (Å²) < 4.78 is 14.6. The highest BCUT2D eigenvalue weighted by atomic mass is 19.1. The Morgan fingerprint density at radius 1 is 1.10 bits per heavy atom. The fourth-order valence-electron chi connectivity index (χ4n) is 3.44. The van der Waals surface area contributed by atoms with Crippen molar-refractivity contribution in [3.63, 3.8) is 0 Å². The van der Waals surface area contributed by atoms with Crippen molar-refractivity contribution in [2.75, 3.05) is 5.32 Å². The van der Waals surface area contributed by atoms with Crippen LogP contribution in [0.15, 0.2) is 48.7 Å². The van der Waals surface area contributed by atoms with Gasteiger partial charge in [-0.1, -0.05) is 11.6 Å². The fraction of sp³-hybridized carbons (Fsp3) is 0.130. The molecule has 4 aromatic rings. The number of rotatable bonds is 3. The molecule has 6 nitrogen and oxygen atoms in total. The molecular formula is C23H18FN5O. The van der Waals surface area contributed by atoms with Crippen LogP contribution in [-0.2, 0) is 0 Å². The quantitative estimate of drug-likeness (QED) is 0.545. The number of benzene rings is 2. The Hall–Kier alpha value is -4.05. The van der Waals surface area contributed by atoms with Crippen molar-refractivity contribution in [1.29, 1.82) is 5.26 Å². The predicted octanol–water partition coefficient (Wildman–Crippen LogP) is 4.61. The van der Waals surface area contributed by atoms with E-state index in [1.54, 1.807) is 0 Å². The van der Waals surface area contributed by atoms with Gasteiger partial charge in [-0.25, -0.2) is 9.37 Å². The van der Waals surface area contributed by atoms with Crippen molar-refractivity contribution in [2.24, 2.45) is 0 Å². The summed E-state index contributed by atoms with van der Waals surface area (Å²) in [6.45, 7) is 6.01. The zero-order chi connectivity index (χ0) is 21.4. The number of nitrogens with zero attached hydrogens (tertiary/aromatic N) is 4. The van der Waals surface area contributed by atoms with Crippen LogP contribution >= 0.6 is 0 Å². The largest absolute Gasteiger partial charge is 0.305 e. The molecule has 0 fully saturated rings. The number of amides is 1. The molecule has 0 saturated heterocycles. The molecule has 30 heavy (non-hydrogen) atoms. The van der Waals surface area contributed by atoms with Gasteiger partial charge in [0, 0.05) is 10.9 Å². The second-order valence-electron chi connectivity index (χ2n) is 7.17. The number of fused-ring (bicyclic) bond motifs is 1. The number of carbonyl (C=O) groups is 1. The zero-order valence-corrected chi connectivity index (χ0v) is 16.7. The van der Waals surface area contributed by atoms with Crippen LogP contribution in [0.5, 0.6) is 0 Å². The zero-order valence-electron chi connectivity index (χ0n) is 16.7. The van der Waals surface area contributed by atoms with Crippen LogP contribution < -0.4 is 5.32 Å². The Kier molecular flexibility index (Phi) is 4.76. The molecule has 1 N–H and O–H groups in total. The number of anilines is 1. The third kappa shape index (κ3) is 3.40. The highest BCUT2D eigenvalue weighted by Gasteiger charge is 2.18. The molecule has 7 heteroatoms. The molecule has 0 spiro atoms. The van der Waals surface area contributed by atoms with Gasteiger partial charge in [-0.15, -0.1) is 0 Å². The highest BCUT2D eigenvalue weighted by Crippen LogP contribution is 2.26. The molecule has 4 rings (SSSR count). The summed E-state index contributed by atoms with van der Waals surface area (Å²) in [6.07, 6.45) is 1.38. The van der Waals surface area contributed by atoms with E-state index >= 15 is 0 Å². The molecule has 148 valence electrons. The molecule has 0 aliphatic heterocycles. The van der Waals surface area contributed by atoms with E-state index in [2.05, 4.69) is 22.5 Å². The van der Waals surface area contributed by atoms with Crippen molar-refractivity contribution in [3.8, 4) is 11.9 Å². The summed E-state index contributed by atoms with van der Waals surface area (Å²) in [5, 5.41) is 17.5. The smallest absolute Gasteiger partial charge is 0.256 e. The van der Waals surface area contributed by atoms with Gasteiger partial charge in [-0.2, -0.15) is 15.0 Å². The summed E-state index contributed by atoms with van der Waals surface area (Å²) in [7, 11) is 0. The minimum atomic E-state index is -0.474. The molecule has 2 heterocycles. The third-order valence-corrected chi connectivity index (χ3v) is 4.89. The lowest BCUT2D eigenvalue weighted by atomic mass is 10.0. The van der Waals surface area contributed by atoms with Gasteiger partial charge in [-0.3, -0.25) is 4.79 Å². The molecule has 0 unspecified atom stereocenters. The van der Waals surface area contributed by atoms with Crippen molar-refractivity contribution in [3.05, 3.63) is 82.3 Å². The Morgan fingerprint density at radius 3 is 2.53 bits per heavy atom. The molecule has 0 bridgehead atoms. The van der Waals surface area contributed by atoms with E-state index in [0.29, 0.717) is 5.82 Å². The average Bonchev–Trinajstić information content (AvgIpc) is 3.11. The monoisotopic (exact) mass is 399 g/mol. The molecule has 0 atom stereocenters. The average molecular weight is 399 g/mol. The Balaban J connectivity index is 1.81. The maximum Gasteiger partial charge on any atom is 0.256 e. The van der Waals surface area contributed by atoms with Crippen molar-refractivity contribution in [1.82, 2.24) is 14.8 Å². The number of aryl methyl sites for hydroxylation is 3. The number of nitrogens with one attached hydrogen (secondary N) is 1. The first-order chi connectivity index (χ1) is 14.4. The fourth-order valence-corrected chi connectivity index (χ4v) is 3.44. The highest BCUT2D eigenvalue weighted by molar-refractivity contribution is 6.04. The van der Waals surface area contributed by atoms with Gasteiger partial charge in [0.1, 0.15) is 17.4 Å². The molecule has 2 aromatic carbocycles. The lowest BCUT2D eigenvalue weighted by Crippen LogP contribution is -2.16. The number of carbonyl (C=O) groups excluding carboxylic acids is 1. The Labute approximate surface area is 172 Å². The number of halogens is 1. The van der Waals surface area contributed by atoms with E-state index in [9.17, 15) is 14.4 Å². The molecule has 2 aromatic heterocycles. The Bertz CT molecular complexity index is 1330. The first-order valence-electron chi connectivity index (χ1n) is 9.31. The van der Waals surface area contributed by atoms with Gasteiger partial charge in [0.2, 0.25) is 0 Å². The van der Waals surface area contributed by atoms with Gasteiger partial charge < -0.3 is 5.32 Å². The Morgan fingerprint density at radius 2 is 1.83 bits per heavy atom. The lowest BCUT2D eigenvalue weighted by molar-refractivity contribution is 0.102. The summed E-state index contributed by atoms with van der Waals surface area (Å²) >= 11 is 0. The first-order valence-corrected chi connectivity index (χ1v) is 9.31. The van der Waals surface area contributed by atoms with Gasteiger partial charge >= 0.3 is 0 Å². The van der Waals surface area contributed by atoms with Gasteiger partial charge in [0.15, 0.2) is 11.6 Å². The van der Waals surface area contributed by atoms with Crippen LogP contribution in [0, 0.1) is 37.9 Å². The van der Waals surface area contributed by atoms with Crippen LogP contribution in [0.25, 0.3) is 16.7 Å². The van der Waals surface area contributed by atoms with E-state index in [0.717, 1.165) is 27.6 Å². The van der Waals surface area contributed by atoms with E-state index in [1.807, 2.05) is 32.9 Å². The number of hydrogen-bond acceptors (Lipinski definition) is 4. The summed E-state index contributed by atoms with van der Waals surface area (Å²) in [6, 6.07) is 13.2. The molecule has 1 amide bonds. The van der Waals surface area contributed by atoms with Crippen LogP contribution in [0.2, 0.25) is 0 Å². The number of hydrogen-bond donors (Lipinski definition) is 1. The van der Waals surface area contributed by atoms with Crippen molar-refractivity contribution >= 4 is 22.6 Å². The second-order valence-corrected chi connectivity index (χ2v) is 7.17. The minimum absolute atomic E-state index is 0.200. The van der Waals surface area contributed by atoms with E-state index < -0.39 is 11.7 Å². The van der Waals surface area contributed by atoms with Crippen molar-refractivity contribution in [2.45, 2.75) is 20.8 Å². The topological polar surface area (TPSA) is 83.6 Å². The van der Waals surface area contributed by atoms with Crippen LogP contribution in [0.4, 0.5) is 10.2 Å². The molecule has 0 radical (unpaired) electrons. The lowest BCUT2D eigenvalue weighted by Gasteiger charge is -2.13. The van der Waals surface area contributed by atoms with E-state index in [-0.39, 0.29) is 16.9 Å². The molecular weight excluding hydrogens is 381 g/mol. The van der Waals surface area contributed by atoms with Crippen molar-refractivity contribution < 1.29 is 9.18 Å². The number of aromatic nitrogens is 3. The molecule has 0 aliphatic rings. The summed E-state index contributed by atoms with van der Waals surface area (Å²) in [5.74, 6) is -0.209. The third-order valence-electron chi connectivity index (χ3n) is 4.89. The standard InChI is InChI=1S/C23H18FN5O/c1-13-8-15(3)21-19(9-13)14(2)10-20(27-21)29-22(17(11-25)12-26-29)28-23(30)16-4-6-18(24)7-5-16/h4-10,12H,1-3H3,(H,28,30). The van der Waals surface area contributed by atoms with Crippen LogP contribution in [-0.4, -0.2) is 20.7 Å². The van der Waals surface area contributed by atoms with Gasteiger partial charge in [0.25, 0.3) is 5.91 Å². The summed E-state index contributed by atoms with van der Waals surface area (Å²) in [5.41, 5.74) is 4.48.